The summed E-state index contributed by atoms with van der Waals surface area (Å²) in [5.41, 5.74) is 0.214. The number of aliphatic hydroxyl groups is 1. The fourth-order valence-corrected chi connectivity index (χ4v) is 2.61. The molecule has 6 nitrogen and oxygen atoms in total. The topological polar surface area (TPSA) is 76.1 Å². The van der Waals surface area contributed by atoms with Gasteiger partial charge in [-0.05, 0) is 31.0 Å². The quantitative estimate of drug-likeness (QED) is 0.519. The van der Waals surface area contributed by atoms with Gasteiger partial charge in [-0.15, -0.1) is 0 Å². The lowest BCUT2D eigenvalue weighted by Crippen LogP contribution is -2.27. The molecule has 1 N–H and O–H groups in total. The van der Waals surface area contributed by atoms with Gasteiger partial charge in [0, 0.05) is 11.6 Å². The third-order valence-corrected chi connectivity index (χ3v) is 3.95. The Bertz CT molecular complexity index is 675. The molecular weight excluding hydrogens is 286 g/mol. The molecule has 0 unspecified atom stereocenters. The van der Waals surface area contributed by atoms with E-state index in [1.807, 2.05) is 0 Å². The molecule has 22 heavy (non-hydrogen) atoms. The highest BCUT2D eigenvalue weighted by Gasteiger charge is 2.43. The third-order valence-electron chi connectivity index (χ3n) is 3.95. The number of ether oxygens (including phenoxy) is 2. The summed E-state index contributed by atoms with van der Waals surface area (Å²) >= 11 is 0. The second-order valence-electron chi connectivity index (χ2n) is 5.38. The summed E-state index contributed by atoms with van der Waals surface area (Å²) in [5, 5.41) is 10.4. The lowest BCUT2D eigenvalue weighted by atomic mass is 10.1. The Morgan fingerprint density at radius 1 is 1.18 bits per heavy atom. The van der Waals surface area contributed by atoms with E-state index < -0.39 is 0 Å². The fraction of sp³-hybridized carbons (Fsp3) is 0.375. The number of carbonyl (C=O) groups is 2. The number of methoxy groups -OCH3 is 2. The predicted octanol–water partition coefficient (Wildman–Crippen LogP) is 1.55. The van der Waals surface area contributed by atoms with E-state index in [-0.39, 0.29) is 35.6 Å². The van der Waals surface area contributed by atoms with Crippen LogP contribution in [0.15, 0.2) is 23.8 Å². The Kier molecular flexibility index (Phi) is 3.52. The van der Waals surface area contributed by atoms with Crippen molar-refractivity contribution < 1.29 is 24.2 Å². The van der Waals surface area contributed by atoms with Crippen LogP contribution >= 0.6 is 0 Å². The first-order chi connectivity index (χ1) is 10.6. The molecule has 0 aromatic heterocycles. The SMILES string of the molecule is COc1ccc(/C(O)=C2/C(=O)CN(C3CC3)C2=O)cc1OC. The Morgan fingerprint density at radius 3 is 2.45 bits per heavy atom. The second kappa shape index (κ2) is 5.36. The highest BCUT2D eigenvalue weighted by Crippen LogP contribution is 2.35. The van der Waals surface area contributed by atoms with Gasteiger partial charge in [0.05, 0.1) is 20.8 Å². The zero-order valence-corrected chi connectivity index (χ0v) is 12.5. The molecule has 0 spiro atoms. The van der Waals surface area contributed by atoms with Gasteiger partial charge in [-0.3, -0.25) is 9.59 Å². The number of hydrogen-bond donors (Lipinski definition) is 1. The van der Waals surface area contributed by atoms with Crippen LogP contribution in [0.25, 0.3) is 5.76 Å². The largest absolute Gasteiger partial charge is 0.506 e. The summed E-state index contributed by atoms with van der Waals surface area (Å²) in [7, 11) is 2.99. The van der Waals surface area contributed by atoms with E-state index in [0.717, 1.165) is 12.8 Å². The average Bonchev–Trinajstić information content (AvgIpc) is 3.32. The van der Waals surface area contributed by atoms with Crippen LogP contribution in [0.1, 0.15) is 18.4 Å². The summed E-state index contributed by atoms with van der Waals surface area (Å²) in [6, 6.07) is 4.89. The molecular formula is C16H17NO5. The van der Waals surface area contributed by atoms with Crippen LogP contribution in [0, 0.1) is 0 Å². The summed E-state index contributed by atoms with van der Waals surface area (Å²) < 4.78 is 10.3. The van der Waals surface area contributed by atoms with E-state index in [2.05, 4.69) is 0 Å². The van der Waals surface area contributed by atoms with Gasteiger partial charge >= 0.3 is 0 Å². The van der Waals surface area contributed by atoms with Crippen LogP contribution in [0.3, 0.4) is 0 Å². The molecule has 3 rings (SSSR count). The molecule has 0 bridgehead atoms. The van der Waals surface area contributed by atoms with Crippen molar-refractivity contribution in [2.24, 2.45) is 0 Å². The van der Waals surface area contributed by atoms with Gasteiger partial charge in [-0.1, -0.05) is 0 Å². The molecule has 1 amide bonds. The minimum Gasteiger partial charge on any atom is -0.506 e. The summed E-state index contributed by atoms with van der Waals surface area (Å²) in [6.45, 7) is 0.0518. The molecule has 1 heterocycles. The molecule has 1 aliphatic heterocycles. The number of amides is 1. The van der Waals surface area contributed by atoms with E-state index in [9.17, 15) is 14.7 Å². The van der Waals surface area contributed by atoms with Crippen LogP contribution < -0.4 is 9.47 Å². The van der Waals surface area contributed by atoms with Crippen molar-refractivity contribution in [1.29, 1.82) is 0 Å². The Balaban J connectivity index is 1.99. The van der Waals surface area contributed by atoms with E-state index in [1.165, 1.54) is 19.1 Å². The van der Waals surface area contributed by atoms with Gasteiger partial charge in [0.1, 0.15) is 11.3 Å². The van der Waals surface area contributed by atoms with E-state index in [4.69, 9.17) is 9.47 Å². The fourth-order valence-electron chi connectivity index (χ4n) is 2.61. The first-order valence-corrected chi connectivity index (χ1v) is 7.06. The van der Waals surface area contributed by atoms with Gasteiger partial charge in [0.25, 0.3) is 5.91 Å². The van der Waals surface area contributed by atoms with Crippen molar-refractivity contribution in [3.63, 3.8) is 0 Å². The van der Waals surface area contributed by atoms with Crippen LogP contribution in [-0.4, -0.2) is 48.5 Å². The molecule has 1 saturated heterocycles. The Hall–Kier alpha value is -2.50. The number of nitrogens with zero attached hydrogens (tertiary/aromatic N) is 1. The minimum absolute atomic E-state index is 0.0518. The van der Waals surface area contributed by atoms with Crippen LogP contribution in [0.4, 0.5) is 0 Å². The summed E-state index contributed by atoms with van der Waals surface area (Å²) in [6.07, 6.45) is 1.84. The molecule has 6 heteroatoms. The molecule has 2 aliphatic rings. The third kappa shape index (κ3) is 2.30. The van der Waals surface area contributed by atoms with Crippen LogP contribution in [0.5, 0.6) is 11.5 Å². The van der Waals surface area contributed by atoms with Gasteiger partial charge in [-0.25, -0.2) is 0 Å². The predicted molar refractivity (Wildman–Crippen MR) is 78.8 cm³/mol. The number of ketones is 1. The molecule has 1 aromatic rings. The lowest BCUT2D eigenvalue weighted by molar-refractivity contribution is -0.125. The van der Waals surface area contributed by atoms with E-state index in [1.54, 1.807) is 18.2 Å². The number of benzene rings is 1. The van der Waals surface area contributed by atoms with Crippen molar-refractivity contribution in [1.82, 2.24) is 4.90 Å². The van der Waals surface area contributed by atoms with Gasteiger partial charge in [0.2, 0.25) is 0 Å². The molecule has 2 fully saturated rings. The monoisotopic (exact) mass is 303 g/mol. The summed E-state index contributed by atoms with van der Waals surface area (Å²) in [5.74, 6) is -0.111. The van der Waals surface area contributed by atoms with E-state index in [0.29, 0.717) is 17.1 Å². The molecule has 0 radical (unpaired) electrons. The van der Waals surface area contributed by atoms with Crippen molar-refractivity contribution >= 4 is 17.4 Å². The summed E-state index contributed by atoms with van der Waals surface area (Å²) in [4.78, 5) is 25.9. The van der Waals surface area contributed by atoms with Crippen LogP contribution in [0.2, 0.25) is 0 Å². The minimum atomic E-state index is -0.389. The Labute approximate surface area is 127 Å². The number of carbonyl (C=O) groups excluding carboxylic acids is 2. The maximum absolute atomic E-state index is 12.3. The zero-order valence-electron chi connectivity index (χ0n) is 12.5. The number of likely N-dealkylation sites (tertiary alicyclic amines) is 1. The maximum Gasteiger partial charge on any atom is 0.262 e. The van der Waals surface area contributed by atoms with Gasteiger partial charge in [-0.2, -0.15) is 0 Å². The van der Waals surface area contributed by atoms with Gasteiger partial charge < -0.3 is 19.5 Å². The molecule has 1 aromatic carbocycles. The maximum atomic E-state index is 12.3. The average molecular weight is 303 g/mol. The number of Topliss-reactive ketones (excluding diaryl/α,β-unsaturated/α-hetero) is 1. The van der Waals surface area contributed by atoms with Crippen LogP contribution in [-0.2, 0) is 9.59 Å². The smallest absolute Gasteiger partial charge is 0.262 e. The van der Waals surface area contributed by atoms with Crippen molar-refractivity contribution in [2.75, 3.05) is 20.8 Å². The number of rotatable bonds is 4. The zero-order chi connectivity index (χ0) is 15.9. The Morgan fingerprint density at radius 2 is 1.86 bits per heavy atom. The standard InChI is InChI=1S/C16H17NO5/c1-21-12-6-3-9(7-13(12)22-2)15(19)14-11(18)8-17(16(14)20)10-4-5-10/h3,6-7,10,19H,4-5,8H2,1-2H3/b15-14+. The second-order valence-corrected chi connectivity index (χ2v) is 5.38. The van der Waals surface area contributed by atoms with Gasteiger partial charge in [0.15, 0.2) is 17.3 Å². The number of hydrogen-bond acceptors (Lipinski definition) is 5. The highest BCUT2D eigenvalue weighted by atomic mass is 16.5. The molecule has 0 atom stereocenters. The molecule has 1 aliphatic carbocycles. The first-order valence-electron chi connectivity index (χ1n) is 7.06. The molecule has 1 saturated carbocycles. The number of aliphatic hydroxyl groups excluding tert-OH is 1. The van der Waals surface area contributed by atoms with Crippen molar-refractivity contribution in [3.05, 3.63) is 29.3 Å². The first kappa shape index (κ1) is 14.4. The van der Waals surface area contributed by atoms with Crippen molar-refractivity contribution in [2.45, 2.75) is 18.9 Å². The normalized spacial score (nSPS) is 20.4. The lowest BCUT2D eigenvalue weighted by Gasteiger charge is -2.12. The van der Waals surface area contributed by atoms with E-state index >= 15 is 0 Å². The molecule has 116 valence electrons. The highest BCUT2D eigenvalue weighted by molar-refractivity contribution is 6.28. The van der Waals surface area contributed by atoms with Crippen molar-refractivity contribution in [3.8, 4) is 11.5 Å².